The van der Waals surface area contributed by atoms with Crippen LogP contribution in [0.4, 0.5) is 0 Å². The van der Waals surface area contributed by atoms with Crippen molar-refractivity contribution >= 4 is 17.9 Å². The summed E-state index contributed by atoms with van der Waals surface area (Å²) in [5, 5.41) is 2.62. The number of carbonyl (C=O) groups excluding carboxylic acids is 2. The van der Waals surface area contributed by atoms with Crippen molar-refractivity contribution in [3.63, 3.8) is 0 Å². The van der Waals surface area contributed by atoms with Crippen molar-refractivity contribution in [2.24, 2.45) is 0 Å². The Morgan fingerprint density at radius 1 is 1.04 bits per heavy atom. The van der Waals surface area contributed by atoms with Gasteiger partial charge in [0.25, 0.3) is 5.91 Å². The zero-order valence-electron chi connectivity index (χ0n) is 16.0. The van der Waals surface area contributed by atoms with Gasteiger partial charge < -0.3 is 19.7 Å². The highest BCUT2D eigenvalue weighted by molar-refractivity contribution is 6.00. The standard InChI is InChI=1S/C21H24N2O4/c1-15(24)22-18(12-17-10-11-19(26-3)20(13-17)27-4)21(25)23(2)14-16-8-6-5-7-9-16/h5-13H,14H2,1-4H3,(H,22,24). The predicted molar refractivity (Wildman–Crippen MR) is 104 cm³/mol. The van der Waals surface area contributed by atoms with Crippen LogP contribution in [0.1, 0.15) is 18.1 Å². The summed E-state index contributed by atoms with van der Waals surface area (Å²) in [6, 6.07) is 14.9. The van der Waals surface area contributed by atoms with Gasteiger partial charge in [0.1, 0.15) is 5.70 Å². The molecule has 27 heavy (non-hydrogen) atoms. The molecule has 2 rings (SSSR count). The van der Waals surface area contributed by atoms with Crippen molar-refractivity contribution in [1.82, 2.24) is 10.2 Å². The molecule has 142 valence electrons. The summed E-state index contributed by atoms with van der Waals surface area (Å²) < 4.78 is 10.5. The van der Waals surface area contributed by atoms with Crippen LogP contribution in [0.25, 0.3) is 6.08 Å². The van der Waals surface area contributed by atoms with Gasteiger partial charge in [-0.25, -0.2) is 0 Å². The van der Waals surface area contributed by atoms with Gasteiger partial charge in [-0.3, -0.25) is 9.59 Å². The molecular formula is C21H24N2O4. The number of hydrogen-bond donors (Lipinski definition) is 1. The van der Waals surface area contributed by atoms with Crippen molar-refractivity contribution < 1.29 is 19.1 Å². The first-order valence-corrected chi connectivity index (χ1v) is 8.45. The molecule has 2 amide bonds. The maximum atomic E-state index is 12.9. The average Bonchev–Trinajstić information content (AvgIpc) is 2.67. The zero-order valence-corrected chi connectivity index (χ0v) is 16.0. The van der Waals surface area contributed by atoms with E-state index in [-0.39, 0.29) is 17.5 Å². The number of nitrogens with one attached hydrogen (secondary N) is 1. The van der Waals surface area contributed by atoms with E-state index in [1.807, 2.05) is 30.3 Å². The summed E-state index contributed by atoms with van der Waals surface area (Å²) in [5.41, 5.74) is 1.90. The van der Waals surface area contributed by atoms with Gasteiger partial charge in [-0.2, -0.15) is 0 Å². The predicted octanol–water partition coefficient (Wildman–Crippen LogP) is 2.84. The second-order valence-corrected chi connectivity index (χ2v) is 6.00. The van der Waals surface area contributed by atoms with Gasteiger partial charge in [-0.1, -0.05) is 36.4 Å². The fraction of sp³-hybridized carbons (Fsp3) is 0.238. The molecule has 0 saturated carbocycles. The van der Waals surface area contributed by atoms with Crippen molar-refractivity contribution in [1.29, 1.82) is 0 Å². The fourth-order valence-electron chi connectivity index (χ4n) is 2.58. The van der Waals surface area contributed by atoms with Crippen LogP contribution in [0, 0.1) is 0 Å². The van der Waals surface area contributed by atoms with E-state index in [9.17, 15) is 9.59 Å². The molecule has 6 heteroatoms. The third kappa shape index (κ3) is 5.60. The second-order valence-electron chi connectivity index (χ2n) is 6.00. The maximum Gasteiger partial charge on any atom is 0.270 e. The number of hydrogen-bond acceptors (Lipinski definition) is 4. The number of likely N-dealkylation sites (N-methyl/N-ethyl adjacent to an activating group) is 1. The Hall–Kier alpha value is -3.28. The van der Waals surface area contributed by atoms with Crippen molar-refractivity contribution in [3.8, 4) is 11.5 Å². The first kappa shape index (κ1) is 20.0. The largest absolute Gasteiger partial charge is 0.493 e. The summed E-state index contributed by atoms with van der Waals surface area (Å²) in [5.74, 6) is 0.522. The Morgan fingerprint density at radius 3 is 2.30 bits per heavy atom. The minimum Gasteiger partial charge on any atom is -0.493 e. The molecule has 0 aromatic heterocycles. The highest BCUT2D eigenvalue weighted by Crippen LogP contribution is 2.28. The van der Waals surface area contributed by atoms with E-state index in [1.54, 1.807) is 50.4 Å². The second kappa shape index (κ2) is 9.43. The molecule has 0 heterocycles. The monoisotopic (exact) mass is 368 g/mol. The quantitative estimate of drug-likeness (QED) is 0.763. The van der Waals surface area contributed by atoms with Crippen LogP contribution in [0.2, 0.25) is 0 Å². The van der Waals surface area contributed by atoms with Crippen molar-refractivity contribution in [2.45, 2.75) is 13.5 Å². The van der Waals surface area contributed by atoms with Crippen molar-refractivity contribution in [2.75, 3.05) is 21.3 Å². The molecule has 0 saturated heterocycles. The van der Waals surface area contributed by atoms with E-state index in [0.717, 1.165) is 5.56 Å². The molecule has 0 fully saturated rings. The van der Waals surface area contributed by atoms with Crippen LogP contribution in [0.3, 0.4) is 0 Å². The fourth-order valence-corrected chi connectivity index (χ4v) is 2.58. The Morgan fingerprint density at radius 2 is 1.70 bits per heavy atom. The number of carbonyl (C=O) groups is 2. The first-order valence-electron chi connectivity index (χ1n) is 8.45. The Kier molecular flexibility index (Phi) is 7.00. The van der Waals surface area contributed by atoms with Crippen LogP contribution in [0.15, 0.2) is 54.2 Å². The lowest BCUT2D eigenvalue weighted by molar-refractivity contribution is -0.128. The summed E-state index contributed by atoms with van der Waals surface area (Å²) in [7, 11) is 4.79. The minimum absolute atomic E-state index is 0.188. The van der Waals surface area contributed by atoms with E-state index in [4.69, 9.17) is 9.47 Å². The molecule has 1 N–H and O–H groups in total. The lowest BCUT2D eigenvalue weighted by Crippen LogP contribution is -2.35. The number of nitrogens with zero attached hydrogens (tertiary/aromatic N) is 1. The molecule has 2 aromatic rings. The van der Waals surface area contributed by atoms with E-state index < -0.39 is 0 Å². The third-order valence-electron chi connectivity index (χ3n) is 3.87. The van der Waals surface area contributed by atoms with E-state index in [2.05, 4.69) is 5.32 Å². The van der Waals surface area contributed by atoms with Gasteiger partial charge in [0.2, 0.25) is 5.91 Å². The molecule has 0 atom stereocenters. The lowest BCUT2D eigenvalue weighted by Gasteiger charge is -2.19. The summed E-state index contributed by atoms with van der Waals surface area (Å²) >= 11 is 0. The number of ether oxygens (including phenoxy) is 2. The number of amides is 2. The maximum absolute atomic E-state index is 12.9. The molecule has 0 aliphatic heterocycles. The smallest absolute Gasteiger partial charge is 0.270 e. The van der Waals surface area contributed by atoms with Crippen LogP contribution in [-0.4, -0.2) is 38.0 Å². The molecule has 0 aliphatic carbocycles. The molecule has 0 aliphatic rings. The lowest BCUT2D eigenvalue weighted by atomic mass is 10.1. The Balaban J connectivity index is 2.29. The van der Waals surface area contributed by atoms with Gasteiger partial charge in [-0.15, -0.1) is 0 Å². The zero-order chi connectivity index (χ0) is 19.8. The van der Waals surface area contributed by atoms with Gasteiger partial charge in [0, 0.05) is 20.5 Å². The van der Waals surface area contributed by atoms with Gasteiger partial charge >= 0.3 is 0 Å². The van der Waals surface area contributed by atoms with E-state index in [1.165, 1.54) is 6.92 Å². The van der Waals surface area contributed by atoms with Crippen LogP contribution in [-0.2, 0) is 16.1 Å². The highest BCUT2D eigenvalue weighted by atomic mass is 16.5. The minimum atomic E-state index is -0.316. The van der Waals surface area contributed by atoms with Gasteiger partial charge in [0.05, 0.1) is 14.2 Å². The average molecular weight is 368 g/mol. The third-order valence-corrected chi connectivity index (χ3v) is 3.87. The molecule has 6 nitrogen and oxygen atoms in total. The topological polar surface area (TPSA) is 67.9 Å². The highest BCUT2D eigenvalue weighted by Gasteiger charge is 2.17. The van der Waals surface area contributed by atoms with Crippen LogP contribution >= 0.6 is 0 Å². The molecule has 2 aromatic carbocycles. The summed E-state index contributed by atoms with van der Waals surface area (Å²) in [6.07, 6.45) is 1.62. The summed E-state index contributed by atoms with van der Waals surface area (Å²) in [4.78, 5) is 26.0. The normalized spacial score (nSPS) is 10.9. The Labute approximate surface area is 159 Å². The number of benzene rings is 2. The molecule has 0 spiro atoms. The molecule has 0 unspecified atom stereocenters. The first-order chi connectivity index (χ1) is 12.9. The van der Waals surface area contributed by atoms with Crippen LogP contribution in [0.5, 0.6) is 11.5 Å². The summed E-state index contributed by atoms with van der Waals surface area (Å²) in [6.45, 7) is 1.80. The van der Waals surface area contributed by atoms with Gasteiger partial charge in [-0.05, 0) is 29.3 Å². The molecular weight excluding hydrogens is 344 g/mol. The van der Waals surface area contributed by atoms with Crippen molar-refractivity contribution in [3.05, 3.63) is 65.4 Å². The van der Waals surface area contributed by atoms with Crippen LogP contribution < -0.4 is 14.8 Å². The van der Waals surface area contributed by atoms with E-state index in [0.29, 0.717) is 23.6 Å². The SMILES string of the molecule is COc1ccc(C=C(NC(C)=O)C(=O)N(C)Cc2ccccc2)cc1OC. The molecule has 0 radical (unpaired) electrons. The number of rotatable bonds is 7. The van der Waals surface area contributed by atoms with Gasteiger partial charge in [0.15, 0.2) is 11.5 Å². The Bertz CT molecular complexity index is 831. The van der Waals surface area contributed by atoms with E-state index >= 15 is 0 Å². The molecule has 0 bridgehead atoms. The number of methoxy groups -OCH3 is 2.